The summed E-state index contributed by atoms with van der Waals surface area (Å²) < 4.78 is 32.4. The Hall–Kier alpha value is -1.97. The highest BCUT2D eigenvalue weighted by Crippen LogP contribution is 2.35. The Morgan fingerprint density at radius 1 is 1.35 bits per heavy atom. The number of carbonyl (C=O) groups is 1. The maximum atomic E-state index is 11.7. The van der Waals surface area contributed by atoms with E-state index in [-0.39, 0.29) is 13.2 Å². The summed E-state index contributed by atoms with van der Waals surface area (Å²) in [5.74, 6) is 0. The maximum Gasteiger partial charge on any atom is 0.509 e. The van der Waals surface area contributed by atoms with Crippen molar-refractivity contribution in [3.8, 4) is 0 Å². The molecule has 8 nitrogen and oxygen atoms in total. The predicted molar refractivity (Wildman–Crippen MR) is 88.1 cm³/mol. The van der Waals surface area contributed by atoms with Crippen LogP contribution in [0.3, 0.4) is 0 Å². The van der Waals surface area contributed by atoms with Gasteiger partial charge in [-0.1, -0.05) is 43.0 Å². The van der Waals surface area contributed by atoms with Crippen LogP contribution in [-0.4, -0.2) is 62.3 Å². The Morgan fingerprint density at radius 2 is 2.12 bits per heavy atom. The van der Waals surface area contributed by atoms with Crippen molar-refractivity contribution in [3.05, 3.63) is 48.6 Å². The highest BCUT2D eigenvalue weighted by Gasteiger charge is 2.51. The number of ether oxygens (including phenoxy) is 6. The van der Waals surface area contributed by atoms with Gasteiger partial charge in [0.15, 0.2) is 18.7 Å². The Morgan fingerprint density at radius 3 is 2.81 bits per heavy atom. The molecule has 0 saturated carbocycles. The van der Waals surface area contributed by atoms with Crippen molar-refractivity contribution in [2.75, 3.05) is 20.3 Å². The fourth-order valence-electron chi connectivity index (χ4n) is 2.93. The summed E-state index contributed by atoms with van der Waals surface area (Å²) in [5.41, 5.74) is 0.815. The zero-order valence-corrected chi connectivity index (χ0v) is 14.4. The third-order valence-electron chi connectivity index (χ3n) is 4.16. The van der Waals surface area contributed by atoms with Gasteiger partial charge in [-0.2, -0.15) is 0 Å². The zero-order chi connectivity index (χ0) is 18.5. The van der Waals surface area contributed by atoms with Crippen LogP contribution in [0.2, 0.25) is 0 Å². The molecule has 1 aromatic rings. The van der Waals surface area contributed by atoms with Gasteiger partial charge in [-0.3, -0.25) is 0 Å². The normalized spacial score (nSPS) is 33.8. The lowest BCUT2D eigenvalue weighted by Gasteiger charge is -2.46. The molecule has 0 unspecified atom stereocenters. The van der Waals surface area contributed by atoms with Gasteiger partial charge >= 0.3 is 6.16 Å². The molecule has 8 heteroatoms. The fraction of sp³-hybridized carbons (Fsp3) is 0.500. The average molecular weight is 366 g/mol. The molecule has 26 heavy (non-hydrogen) atoms. The van der Waals surface area contributed by atoms with E-state index in [1.54, 1.807) is 0 Å². The average Bonchev–Trinajstić information content (AvgIpc) is 2.68. The zero-order valence-electron chi connectivity index (χ0n) is 14.4. The van der Waals surface area contributed by atoms with E-state index in [2.05, 4.69) is 6.58 Å². The van der Waals surface area contributed by atoms with Crippen molar-refractivity contribution in [2.24, 2.45) is 0 Å². The van der Waals surface area contributed by atoms with E-state index in [0.29, 0.717) is 0 Å². The van der Waals surface area contributed by atoms with E-state index in [9.17, 15) is 9.90 Å². The first kappa shape index (κ1) is 18.8. The van der Waals surface area contributed by atoms with Crippen molar-refractivity contribution < 1.29 is 38.3 Å². The molecular formula is C18H22O8. The molecule has 2 heterocycles. The predicted octanol–water partition coefficient (Wildman–Crippen LogP) is 1.54. The van der Waals surface area contributed by atoms with Crippen LogP contribution in [0.5, 0.6) is 0 Å². The number of aliphatic hydroxyl groups excluding tert-OH is 1. The summed E-state index contributed by atoms with van der Waals surface area (Å²) in [4.78, 5) is 11.7. The molecule has 0 aromatic heterocycles. The lowest BCUT2D eigenvalue weighted by Crippen LogP contribution is -2.63. The van der Waals surface area contributed by atoms with Crippen molar-refractivity contribution in [1.29, 1.82) is 0 Å². The van der Waals surface area contributed by atoms with E-state index in [4.69, 9.17) is 28.4 Å². The van der Waals surface area contributed by atoms with Crippen LogP contribution in [-0.2, 0) is 28.4 Å². The molecule has 0 aliphatic carbocycles. The summed E-state index contributed by atoms with van der Waals surface area (Å²) in [6.45, 7) is 3.65. The van der Waals surface area contributed by atoms with Crippen molar-refractivity contribution >= 4 is 6.16 Å². The van der Waals surface area contributed by atoms with Crippen LogP contribution in [0.1, 0.15) is 11.9 Å². The van der Waals surface area contributed by atoms with Crippen LogP contribution < -0.4 is 0 Å². The highest BCUT2D eigenvalue weighted by molar-refractivity contribution is 5.60. The summed E-state index contributed by atoms with van der Waals surface area (Å²) in [6.07, 6.45) is -4.75. The second kappa shape index (κ2) is 8.61. The maximum absolute atomic E-state index is 11.7. The molecule has 0 radical (unpaired) electrons. The molecule has 3 rings (SSSR count). The molecule has 142 valence electrons. The number of aliphatic hydroxyl groups is 1. The largest absolute Gasteiger partial charge is 0.509 e. The molecule has 2 aliphatic heterocycles. The molecule has 2 fully saturated rings. The number of methoxy groups -OCH3 is 1. The Labute approximate surface area is 151 Å². The second-order valence-electron chi connectivity index (χ2n) is 5.88. The van der Waals surface area contributed by atoms with Crippen molar-refractivity contribution in [1.82, 2.24) is 0 Å². The molecule has 2 aliphatic rings. The van der Waals surface area contributed by atoms with E-state index in [1.165, 1.54) is 13.2 Å². The molecule has 0 spiro atoms. The van der Waals surface area contributed by atoms with Gasteiger partial charge in [0.1, 0.15) is 24.9 Å². The van der Waals surface area contributed by atoms with E-state index < -0.39 is 43.2 Å². The number of benzene rings is 1. The standard InChI is InChI=1S/C18H22O8/c1-3-9-22-18(20)26-15-13(19)14-12(24-17(15)21-2)10-23-16(25-14)11-7-5-4-6-8-11/h3-8,12-17,19H,1,9-10H2,2H3/t12-,13+,14-,15-,16-,17+/m1/s1. The van der Waals surface area contributed by atoms with Gasteiger partial charge < -0.3 is 33.5 Å². The smallest absolute Gasteiger partial charge is 0.430 e. The van der Waals surface area contributed by atoms with Gasteiger partial charge in [0, 0.05) is 12.7 Å². The van der Waals surface area contributed by atoms with Crippen LogP contribution in [0.25, 0.3) is 0 Å². The topological polar surface area (TPSA) is 92.7 Å². The minimum atomic E-state index is -1.18. The quantitative estimate of drug-likeness (QED) is 0.620. The van der Waals surface area contributed by atoms with Gasteiger partial charge in [-0.15, -0.1) is 0 Å². The van der Waals surface area contributed by atoms with Gasteiger partial charge in [0.05, 0.1) is 6.61 Å². The van der Waals surface area contributed by atoms with E-state index in [1.807, 2.05) is 30.3 Å². The van der Waals surface area contributed by atoms with Crippen LogP contribution >= 0.6 is 0 Å². The number of fused-ring (bicyclic) bond motifs is 1. The van der Waals surface area contributed by atoms with Gasteiger partial charge in [0.25, 0.3) is 0 Å². The summed E-state index contributed by atoms with van der Waals surface area (Å²) >= 11 is 0. The van der Waals surface area contributed by atoms with Crippen LogP contribution in [0.4, 0.5) is 4.79 Å². The molecule has 0 bridgehead atoms. The SMILES string of the molecule is C=CCOC(=O)O[C@H]1[C@@H](OC)O[C@@H]2CO[C@@H](c3ccccc3)O[C@H]2[C@@H]1O. The Kier molecular flexibility index (Phi) is 6.23. The number of hydrogen-bond donors (Lipinski definition) is 1. The number of carbonyl (C=O) groups excluding carboxylic acids is 1. The number of rotatable bonds is 5. The van der Waals surface area contributed by atoms with Gasteiger partial charge in [-0.05, 0) is 0 Å². The Bertz CT molecular complexity index is 606. The van der Waals surface area contributed by atoms with Gasteiger partial charge in [0.2, 0.25) is 0 Å². The lowest BCUT2D eigenvalue weighted by molar-refractivity contribution is -0.358. The first-order chi connectivity index (χ1) is 12.6. The second-order valence-corrected chi connectivity index (χ2v) is 5.88. The lowest BCUT2D eigenvalue weighted by atomic mass is 9.97. The Balaban J connectivity index is 1.70. The monoisotopic (exact) mass is 366 g/mol. The summed E-state index contributed by atoms with van der Waals surface area (Å²) in [5, 5.41) is 10.7. The van der Waals surface area contributed by atoms with Gasteiger partial charge in [-0.25, -0.2) is 4.79 Å². The first-order valence-electron chi connectivity index (χ1n) is 8.26. The number of hydrogen-bond acceptors (Lipinski definition) is 8. The molecule has 6 atom stereocenters. The molecule has 1 N–H and O–H groups in total. The van der Waals surface area contributed by atoms with Crippen LogP contribution in [0.15, 0.2) is 43.0 Å². The molecular weight excluding hydrogens is 344 g/mol. The summed E-state index contributed by atoms with van der Waals surface area (Å²) in [6, 6.07) is 9.34. The first-order valence-corrected chi connectivity index (χ1v) is 8.26. The molecule has 0 amide bonds. The third-order valence-corrected chi connectivity index (χ3v) is 4.16. The highest BCUT2D eigenvalue weighted by atomic mass is 16.8. The minimum Gasteiger partial charge on any atom is -0.430 e. The fourth-order valence-corrected chi connectivity index (χ4v) is 2.93. The van der Waals surface area contributed by atoms with Crippen molar-refractivity contribution in [2.45, 2.75) is 37.0 Å². The van der Waals surface area contributed by atoms with Crippen LogP contribution in [0, 0.1) is 0 Å². The van der Waals surface area contributed by atoms with E-state index in [0.717, 1.165) is 5.56 Å². The third kappa shape index (κ3) is 4.05. The summed E-state index contributed by atoms with van der Waals surface area (Å²) in [7, 11) is 1.39. The molecule has 2 saturated heterocycles. The van der Waals surface area contributed by atoms with Crippen molar-refractivity contribution in [3.63, 3.8) is 0 Å². The van der Waals surface area contributed by atoms with E-state index >= 15 is 0 Å². The molecule has 1 aromatic carbocycles. The minimum absolute atomic E-state index is 0.00731.